The van der Waals surface area contributed by atoms with E-state index in [9.17, 15) is 14.4 Å². The Kier molecular flexibility index (Phi) is 5.30. The van der Waals surface area contributed by atoms with Gasteiger partial charge in [-0.05, 0) is 42.8 Å². The number of benzene rings is 2. The zero-order valence-electron chi connectivity index (χ0n) is 14.0. The Morgan fingerprint density at radius 3 is 2.46 bits per heavy atom. The number of halogens is 2. The number of rotatable bonds is 5. The molecule has 5 nitrogen and oxygen atoms in total. The second-order valence-corrected chi connectivity index (χ2v) is 6.80. The molecule has 0 saturated heterocycles. The van der Waals surface area contributed by atoms with E-state index < -0.39 is 5.91 Å². The van der Waals surface area contributed by atoms with E-state index in [1.54, 1.807) is 12.1 Å². The summed E-state index contributed by atoms with van der Waals surface area (Å²) >= 11 is 11.9. The van der Waals surface area contributed by atoms with Crippen molar-refractivity contribution in [2.75, 3.05) is 11.9 Å². The van der Waals surface area contributed by atoms with Crippen molar-refractivity contribution in [1.82, 2.24) is 4.90 Å². The van der Waals surface area contributed by atoms with Crippen LogP contribution >= 0.6 is 23.2 Å². The number of fused-ring (bicyclic) bond motifs is 1. The third-order valence-corrected chi connectivity index (χ3v) is 4.70. The van der Waals surface area contributed by atoms with Crippen LogP contribution in [0.2, 0.25) is 10.0 Å². The number of nitrogens with one attached hydrogen (secondary N) is 1. The molecule has 1 heterocycles. The molecule has 2 aromatic carbocycles. The van der Waals surface area contributed by atoms with Crippen molar-refractivity contribution in [2.24, 2.45) is 0 Å². The molecule has 0 saturated carbocycles. The van der Waals surface area contributed by atoms with Crippen LogP contribution in [0, 0.1) is 0 Å². The Hall–Kier alpha value is -2.37. The van der Waals surface area contributed by atoms with Gasteiger partial charge in [-0.15, -0.1) is 0 Å². The summed E-state index contributed by atoms with van der Waals surface area (Å²) in [6.07, 6.45) is 1.62. The van der Waals surface area contributed by atoms with Gasteiger partial charge >= 0.3 is 0 Å². The second-order valence-electron chi connectivity index (χ2n) is 5.95. The molecule has 134 valence electrons. The van der Waals surface area contributed by atoms with Crippen molar-refractivity contribution in [1.29, 1.82) is 0 Å². The van der Waals surface area contributed by atoms with Gasteiger partial charge in [-0.1, -0.05) is 36.5 Å². The van der Waals surface area contributed by atoms with Gasteiger partial charge in [0.2, 0.25) is 0 Å². The van der Waals surface area contributed by atoms with E-state index in [1.807, 2.05) is 6.92 Å². The third-order valence-electron chi connectivity index (χ3n) is 4.15. The van der Waals surface area contributed by atoms with Crippen molar-refractivity contribution in [3.05, 3.63) is 63.1 Å². The number of amides is 3. The predicted octanol–water partition coefficient (Wildman–Crippen LogP) is 4.64. The number of anilines is 1. The summed E-state index contributed by atoms with van der Waals surface area (Å²) in [4.78, 5) is 38.5. The zero-order chi connectivity index (χ0) is 18.8. The molecule has 1 N–H and O–H groups in total. The first kappa shape index (κ1) is 18.4. The van der Waals surface area contributed by atoms with Gasteiger partial charge in [0.1, 0.15) is 0 Å². The Labute approximate surface area is 160 Å². The average Bonchev–Trinajstić information content (AvgIpc) is 2.86. The lowest BCUT2D eigenvalue weighted by molar-refractivity contribution is 0.0652. The van der Waals surface area contributed by atoms with E-state index in [0.717, 1.165) is 12.8 Å². The standard InChI is InChI=1S/C19H16Cl2N2O3/c1-2-3-8-23-18(25)13-6-4-11(9-14(13)19(23)26)17(24)22-16-7-5-12(20)10-15(16)21/h4-7,9-10H,2-3,8H2,1H3,(H,22,24). The molecule has 0 unspecified atom stereocenters. The largest absolute Gasteiger partial charge is 0.321 e. The van der Waals surface area contributed by atoms with Crippen LogP contribution in [0.3, 0.4) is 0 Å². The van der Waals surface area contributed by atoms with Crippen molar-refractivity contribution < 1.29 is 14.4 Å². The van der Waals surface area contributed by atoms with E-state index in [0.29, 0.717) is 27.8 Å². The van der Waals surface area contributed by atoms with E-state index in [2.05, 4.69) is 5.32 Å². The maximum Gasteiger partial charge on any atom is 0.261 e. The Bertz CT molecular complexity index is 912. The summed E-state index contributed by atoms with van der Waals surface area (Å²) in [6.45, 7) is 2.37. The highest BCUT2D eigenvalue weighted by Gasteiger charge is 2.35. The minimum atomic E-state index is -0.427. The lowest BCUT2D eigenvalue weighted by Crippen LogP contribution is -2.30. The van der Waals surface area contributed by atoms with Gasteiger partial charge in [0, 0.05) is 17.1 Å². The Morgan fingerprint density at radius 2 is 1.77 bits per heavy atom. The first-order chi connectivity index (χ1) is 12.4. The minimum absolute atomic E-state index is 0.251. The van der Waals surface area contributed by atoms with Crippen LogP contribution in [-0.2, 0) is 0 Å². The molecule has 0 spiro atoms. The maximum absolute atomic E-state index is 12.5. The number of nitrogens with zero attached hydrogens (tertiary/aromatic N) is 1. The van der Waals surface area contributed by atoms with Gasteiger partial charge in [0.15, 0.2) is 0 Å². The molecule has 0 fully saturated rings. The summed E-state index contributed by atoms with van der Waals surface area (Å²) in [6, 6.07) is 9.21. The normalized spacial score (nSPS) is 13.1. The molecule has 2 aromatic rings. The minimum Gasteiger partial charge on any atom is -0.321 e. The van der Waals surface area contributed by atoms with E-state index >= 15 is 0 Å². The first-order valence-corrected chi connectivity index (χ1v) is 8.94. The molecular formula is C19H16Cl2N2O3. The van der Waals surface area contributed by atoms with Gasteiger partial charge in [-0.2, -0.15) is 0 Å². The molecule has 0 bridgehead atoms. The SMILES string of the molecule is CCCCN1C(=O)c2ccc(C(=O)Nc3ccc(Cl)cc3Cl)cc2C1=O. The molecule has 3 amide bonds. The van der Waals surface area contributed by atoms with Crippen LogP contribution in [0.25, 0.3) is 0 Å². The summed E-state index contributed by atoms with van der Waals surface area (Å²) < 4.78 is 0. The molecule has 3 rings (SSSR count). The number of hydrogen-bond acceptors (Lipinski definition) is 3. The van der Waals surface area contributed by atoms with Crippen LogP contribution < -0.4 is 5.32 Å². The second kappa shape index (κ2) is 7.48. The van der Waals surface area contributed by atoms with Gasteiger partial charge in [0.25, 0.3) is 17.7 Å². The van der Waals surface area contributed by atoms with Crippen molar-refractivity contribution in [2.45, 2.75) is 19.8 Å². The predicted molar refractivity (Wildman–Crippen MR) is 101 cm³/mol. The van der Waals surface area contributed by atoms with Crippen LogP contribution in [0.1, 0.15) is 50.8 Å². The third kappa shape index (κ3) is 3.45. The average molecular weight is 391 g/mol. The van der Waals surface area contributed by atoms with Crippen molar-refractivity contribution >= 4 is 46.6 Å². The fraction of sp³-hybridized carbons (Fsp3) is 0.211. The smallest absolute Gasteiger partial charge is 0.261 e. The van der Waals surface area contributed by atoms with Crippen LogP contribution in [0.15, 0.2) is 36.4 Å². The molecule has 1 aliphatic heterocycles. The lowest BCUT2D eigenvalue weighted by Gasteiger charge is -2.12. The highest BCUT2D eigenvalue weighted by Crippen LogP contribution is 2.27. The van der Waals surface area contributed by atoms with E-state index in [-0.39, 0.29) is 22.9 Å². The number of unbranched alkanes of at least 4 members (excludes halogenated alkanes) is 1. The number of carbonyl (C=O) groups is 3. The Balaban J connectivity index is 1.84. The topological polar surface area (TPSA) is 66.5 Å². The van der Waals surface area contributed by atoms with Crippen LogP contribution in [0.5, 0.6) is 0 Å². The van der Waals surface area contributed by atoms with E-state index in [1.165, 1.54) is 29.2 Å². The molecule has 0 atom stereocenters. The van der Waals surface area contributed by atoms with Crippen molar-refractivity contribution in [3.63, 3.8) is 0 Å². The fourth-order valence-electron chi connectivity index (χ4n) is 2.74. The van der Waals surface area contributed by atoms with Gasteiger partial charge in [-0.25, -0.2) is 0 Å². The van der Waals surface area contributed by atoms with Gasteiger partial charge in [0.05, 0.1) is 21.8 Å². The molecule has 7 heteroatoms. The van der Waals surface area contributed by atoms with Crippen LogP contribution in [-0.4, -0.2) is 29.2 Å². The summed E-state index contributed by atoms with van der Waals surface area (Å²) in [7, 11) is 0. The van der Waals surface area contributed by atoms with Crippen molar-refractivity contribution in [3.8, 4) is 0 Å². The Morgan fingerprint density at radius 1 is 1.04 bits per heavy atom. The quantitative estimate of drug-likeness (QED) is 0.755. The fourth-order valence-corrected chi connectivity index (χ4v) is 3.19. The summed E-state index contributed by atoms with van der Waals surface area (Å²) in [5, 5.41) is 3.45. The van der Waals surface area contributed by atoms with Gasteiger partial charge < -0.3 is 5.32 Å². The zero-order valence-corrected chi connectivity index (χ0v) is 15.5. The molecule has 0 radical (unpaired) electrons. The molecule has 1 aliphatic rings. The summed E-state index contributed by atoms with van der Waals surface area (Å²) in [5.74, 6) is -1.10. The molecule has 0 aliphatic carbocycles. The van der Waals surface area contributed by atoms with Crippen LogP contribution in [0.4, 0.5) is 5.69 Å². The van der Waals surface area contributed by atoms with Gasteiger partial charge in [-0.3, -0.25) is 19.3 Å². The summed E-state index contributed by atoms with van der Waals surface area (Å²) in [5.41, 5.74) is 1.26. The molecule has 0 aromatic heterocycles. The number of imide groups is 1. The maximum atomic E-state index is 12.5. The highest BCUT2D eigenvalue weighted by atomic mass is 35.5. The lowest BCUT2D eigenvalue weighted by atomic mass is 10.1. The highest BCUT2D eigenvalue weighted by molar-refractivity contribution is 6.36. The molecule has 26 heavy (non-hydrogen) atoms. The number of carbonyl (C=O) groups excluding carboxylic acids is 3. The number of hydrogen-bond donors (Lipinski definition) is 1. The first-order valence-electron chi connectivity index (χ1n) is 8.19. The van der Waals surface area contributed by atoms with E-state index in [4.69, 9.17) is 23.2 Å². The monoisotopic (exact) mass is 390 g/mol. The molecular weight excluding hydrogens is 375 g/mol.